The Hall–Kier alpha value is -2.14. The number of benzene rings is 1. The third kappa shape index (κ3) is 5.42. The molecule has 0 bridgehead atoms. The van der Waals surface area contributed by atoms with Crippen LogP contribution < -0.4 is 5.32 Å². The zero-order valence-corrected chi connectivity index (χ0v) is 16.9. The van der Waals surface area contributed by atoms with Crippen molar-refractivity contribution in [3.05, 3.63) is 52.8 Å². The van der Waals surface area contributed by atoms with E-state index in [1.165, 1.54) is 36.9 Å². The van der Waals surface area contributed by atoms with Gasteiger partial charge in [-0.05, 0) is 57.4 Å². The van der Waals surface area contributed by atoms with E-state index in [0.29, 0.717) is 25.6 Å². The molecular formula is C22H32N4O. The Morgan fingerprint density at radius 3 is 2.70 bits per heavy atom. The van der Waals surface area contributed by atoms with Crippen LogP contribution in [0, 0.1) is 13.8 Å². The van der Waals surface area contributed by atoms with Crippen LogP contribution in [0.5, 0.6) is 0 Å². The Bertz CT molecular complexity index is 767. The molecule has 1 saturated heterocycles. The zero-order chi connectivity index (χ0) is 19.2. The first-order valence-electron chi connectivity index (χ1n) is 10.1. The van der Waals surface area contributed by atoms with Crippen LogP contribution in [0.1, 0.15) is 55.1 Å². The van der Waals surface area contributed by atoms with E-state index in [2.05, 4.69) is 46.5 Å². The fraction of sp³-hybridized carbons (Fsp3) is 0.545. The highest BCUT2D eigenvalue weighted by Gasteiger charge is 2.19. The van der Waals surface area contributed by atoms with E-state index in [0.717, 1.165) is 17.9 Å². The molecule has 1 aliphatic heterocycles. The molecule has 0 saturated carbocycles. The van der Waals surface area contributed by atoms with Gasteiger partial charge < -0.3 is 5.32 Å². The van der Waals surface area contributed by atoms with Crippen molar-refractivity contribution < 1.29 is 4.79 Å². The number of nitrogens with zero attached hydrogens (tertiary/aromatic N) is 3. The van der Waals surface area contributed by atoms with Crippen LogP contribution in [0.25, 0.3) is 0 Å². The van der Waals surface area contributed by atoms with Gasteiger partial charge in [0, 0.05) is 37.8 Å². The third-order valence-electron chi connectivity index (χ3n) is 5.56. The van der Waals surface area contributed by atoms with Gasteiger partial charge in [0.25, 0.3) is 0 Å². The molecule has 2 aromatic rings. The Morgan fingerprint density at radius 1 is 1.22 bits per heavy atom. The van der Waals surface area contributed by atoms with Gasteiger partial charge in [0.05, 0.1) is 5.69 Å². The molecule has 0 radical (unpaired) electrons. The standard InChI is InChI=1S/C22H32N4O/c1-17-14-19(3)26(24-17)13-11-22(27)23-15-20-9-4-5-10-21(20)16-25-12-7-6-8-18(25)2/h4-5,9-10,14,18H,6-8,11-13,15-16H2,1-3H3,(H,23,27). The molecule has 27 heavy (non-hydrogen) atoms. The summed E-state index contributed by atoms with van der Waals surface area (Å²) in [6.07, 6.45) is 4.36. The molecule has 5 nitrogen and oxygen atoms in total. The maximum atomic E-state index is 12.3. The van der Waals surface area contributed by atoms with Crippen molar-refractivity contribution >= 4 is 5.91 Å². The van der Waals surface area contributed by atoms with Gasteiger partial charge in [0.15, 0.2) is 0 Å². The number of aromatic nitrogens is 2. The first-order chi connectivity index (χ1) is 13.0. The molecule has 1 unspecified atom stereocenters. The van der Waals surface area contributed by atoms with Crippen LogP contribution in [0.3, 0.4) is 0 Å². The highest BCUT2D eigenvalue weighted by molar-refractivity contribution is 5.75. The van der Waals surface area contributed by atoms with Crippen LogP contribution >= 0.6 is 0 Å². The minimum atomic E-state index is 0.0729. The third-order valence-corrected chi connectivity index (χ3v) is 5.56. The van der Waals surface area contributed by atoms with Crippen molar-refractivity contribution in [2.24, 2.45) is 0 Å². The summed E-state index contributed by atoms with van der Waals surface area (Å²) in [5.74, 6) is 0.0729. The summed E-state index contributed by atoms with van der Waals surface area (Å²) < 4.78 is 1.90. The van der Waals surface area contributed by atoms with E-state index < -0.39 is 0 Å². The molecule has 1 aromatic heterocycles. The predicted octanol–water partition coefficient (Wildman–Crippen LogP) is 3.58. The Labute approximate surface area is 162 Å². The number of rotatable bonds is 7. The van der Waals surface area contributed by atoms with E-state index in [1.54, 1.807) is 0 Å². The quantitative estimate of drug-likeness (QED) is 0.813. The van der Waals surface area contributed by atoms with E-state index in [-0.39, 0.29) is 5.91 Å². The maximum absolute atomic E-state index is 12.3. The highest BCUT2D eigenvalue weighted by Crippen LogP contribution is 2.20. The summed E-state index contributed by atoms with van der Waals surface area (Å²) in [5.41, 5.74) is 4.63. The zero-order valence-electron chi connectivity index (χ0n) is 16.9. The van der Waals surface area contributed by atoms with Crippen molar-refractivity contribution in [3.8, 4) is 0 Å². The molecule has 3 rings (SSSR count). The lowest BCUT2D eigenvalue weighted by molar-refractivity contribution is -0.121. The number of hydrogen-bond acceptors (Lipinski definition) is 3. The first-order valence-corrected chi connectivity index (χ1v) is 10.1. The summed E-state index contributed by atoms with van der Waals surface area (Å²) in [5, 5.41) is 7.50. The molecule has 1 aliphatic rings. The minimum absolute atomic E-state index is 0.0729. The number of amides is 1. The van der Waals surface area contributed by atoms with Gasteiger partial charge in [0.1, 0.15) is 0 Å². The van der Waals surface area contributed by atoms with Gasteiger partial charge in [-0.15, -0.1) is 0 Å². The summed E-state index contributed by atoms with van der Waals surface area (Å²) in [6.45, 7) is 9.68. The monoisotopic (exact) mass is 368 g/mol. The molecule has 1 fully saturated rings. The topological polar surface area (TPSA) is 50.2 Å². The number of aryl methyl sites for hydroxylation is 3. The van der Waals surface area contributed by atoms with Crippen LogP contribution in [-0.2, 0) is 24.4 Å². The summed E-state index contributed by atoms with van der Waals surface area (Å²) in [4.78, 5) is 14.9. The first kappa shape index (κ1) is 19.6. The van der Waals surface area contributed by atoms with Gasteiger partial charge >= 0.3 is 0 Å². The molecule has 5 heteroatoms. The van der Waals surface area contributed by atoms with Crippen molar-refractivity contribution in [2.45, 2.75) is 72.1 Å². The normalized spacial score (nSPS) is 17.8. The van der Waals surface area contributed by atoms with Gasteiger partial charge in [-0.1, -0.05) is 30.7 Å². The molecule has 1 aromatic carbocycles. The van der Waals surface area contributed by atoms with Crippen LogP contribution in [0.4, 0.5) is 0 Å². The lowest BCUT2D eigenvalue weighted by Crippen LogP contribution is -2.37. The Morgan fingerprint density at radius 2 is 2.00 bits per heavy atom. The van der Waals surface area contributed by atoms with E-state index >= 15 is 0 Å². The second-order valence-electron chi connectivity index (χ2n) is 7.76. The Kier molecular flexibility index (Phi) is 6.67. The number of likely N-dealkylation sites (tertiary alicyclic amines) is 1. The van der Waals surface area contributed by atoms with E-state index in [1.807, 2.05) is 24.6 Å². The van der Waals surface area contributed by atoms with Crippen molar-refractivity contribution in [3.63, 3.8) is 0 Å². The molecule has 1 amide bonds. The van der Waals surface area contributed by atoms with Gasteiger partial charge in [-0.3, -0.25) is 14.4 Å². The number of piperidine rings is 1. The number of carbonyl (C=O) groups excluding carboxylic acids is 1. The fourth-order valence-electron chi connectivity index (χ4n) is 3.89. The molecule has 0 aliphatic carbocycles. The average Bonchev–Trinajstić information content (AvgIpc) is 2.98. The number of hydrogen-bond donors (Lipinski definition) is 1. The smallest absolute Gasteiger partial charge is 0.222 e. The molecule has 0 spiro atoms. The second kappa shape index (κ2) is 9.18. The van der Waals surface area contributed by atoms with E-state index in [9.17, 15) is 4.79 Å². The summed E-state index contributed by atoms with van der Waals surface area (Å²) in [7, 11) is 0. The Balaban J connectivity index is 1.53. The number of carbonyl (C=O) groups is 1. The van der Waals surface area contributed by atoms with Gasteiger partial charge in [0.2, 0.25) is 5.91 Å². The van der Waals surface area contributed by atoms with Gasteiger partial charge in [-0.25, -0.2) is 0 Å². The lowest BCUT2D eigenvalue weighted by Gasteiger charge is -2.33. The van der Waals surface area contributed by atoms with Crippen molar-refractivity contribution in [1.29, 1.82) is 0 Å². The molecule has 1 N–H and O–H groups in total. The SMILES string of the molecule is Cc1cc(C)n(CCC(=O)NCc2ccccc2CN2CCCCC2C)n1. The average molecular weight is 369 g/mol. The maximum Gasteiger partial charge on any atom is 0.222 e. The molecule has 1 atom stereocenters. The molecular weight excluding hydrogens is 336 g/mol. The lowest BCUT2D eigenvalue weighted by atomic mass is 10.0. The summed E-state index contributed by atoms with van der Waals surface area (Å²) >= 11 is 0. The molecule has 146 valence electrons. The van der Waals surface area contributed by atoms with Crippen molar-refractivity contribution in [2.75, 3.05) is 6.54 Å². The largest absolute Gasteiger partial charge is 0.352 e. The molecule has 2 heterocycles. The van der Waals surface area contributed by atoms with E-state index in [4.69, 9.17) is 0 Å². The summed E-state index contributed by atoms with van der Waals surface area (Å²) in [6, 6.07) is 11.2. The highest BCUT2D eigenvalue weighted by atomic mass is 16.1. The van der Waals surface area contributed by atoms with Crippen molar-refractivity contribution in [1.82, 2.24) is 20.0 Å². The fourth-order valence-corrected chi connectivity index (χ4v) is 3.89. The number of nitrogens with one attached hydrogen (secondary N) is 1. The second-order valence-corrected chi connectivity index (χ2v) is 7.76. The minimum Gasteiger partial charge on any atom is -0.352 e. The van der Waals surface area contributed by atoms with Crippen LogP contribution in [0.2, 0.25) is 0 Å². The predicted molar refractivity (Wildman–Crippen MR) is 108 cm³/mol. The van der Waals surface area contributed by atoms with Gasteiger partial charge in [-0.2, -0.15) is 5.10 Å². The van der Waals surface area contributed by atoms with Crippen LogP contribution in [-0.4, -0.2) is 33.2 Å². The van der Waals surface area contributed by atoms with Crippen LogP contribution in [0.15, 0.2) is 30.3 Å².